The first kappa shape index (κ1) is 9.50. The van der Waals surface area contributed by atoms with Crippen molar-refractivity contribution < 1.29 is 24.2 Å². The van der Waals surface area contributed by atoms with Crippen molar-refractivity contribution in [3.8, 4) is 5.95 Å². The van der Waals surface area contributed by atoms with Crippen molar-refractivity contribution in [3.05, 3.63) is 6.20 Å². The van der Waals surface area contributed by atoms with E-state index in [1.807, 2.05) is 0 Å². The molecule has 72 valence electrons. The summed E-state index contributed by atoms with van der Waals surface area (Å²) < 4.78 is 5.65. The Hall–Kier alpha value is -1.59. The molecule has 0 fully saturated rings. The van der Waals surface area contributed by atoms with Crippen molar-refractivity contribution in [2.45, 2.75) is 25.8 Å². The molecule has 0 aliphatic carbocycles. The molecule has 6 heteroatoms. The van der Waals surface area contributed by atoms with Crippen LogP contribution in [0.2, 0.25) is 0 Å². The maximum absolute atomic E-state index is 10.5. The summed E-state index contributed by atoms with van der Waals surface area (Å²) in [6.07, 6.45) is 2.62. The molecular formula is C7H10N2O4. The fourth-order valence-corrected chi connectivity index (χ4v) is 0.917. The third-order valence-corrected chi connectivity index (χ3v) is 1.52. The zero-order valence-electron chi connectivity index (χ0n) is 6.97. The van der Waals surface area contributed by atoms with Crippen LogP contribution in [0.25, 0.3) is 0 Å². The highest BCUT2D eigenvalue weighted by atomic mass is 16.6. The normalized spacial score (nSPS) is 10.2. The van der Waals surface area contributed by atoms with E-state index in [4.69, 9.17) is 5.11 Å². The van der Waals surface area contributed by atoms with Gasteiger partial charge in [0.2, 0.25) is 6.20 Å². The van der Waals surface area contributed by atoms with Crippen LogP contribution in [0.3, 0.4) is 0 Å². The molecular weight excluding hydrogens is 176 g/mol. The standard InChI is InChI=1S/C7H10N2O4/c10-6(11)3-1-2-4-9-5-7(12)13-8-9/h5H,1-4H2,(H-,8,10,11,12). The summed E-state index contributed by atoms with van der Waals surface area (Å²) in [5.41, 5.74) is 0. The molecule has 0 radical (unpaired) electrons. The number of carboxylic acids is 1. The SMILES string of the molecule is O=C(O)CCCC[n+]1cc([O-])on1. The summed E-state index contributed by atoms with van der Waals surface area (Å²) >= 11 is 0. The van der Waals surface area contributed by atoms with Crippen molar-refractivity contribution in [2.75, 3.05) is 0 Å². The van der Waals surface area contributed by atoms with E-state index in [1.165, 1.54) is 10.9 Å². The van der Waals surface area contributed by atoms with E-state index < -0.39 is 11.9 Å². The molecule has 0 bridgehead atoms. The zero-order chi connectivity index (χ0) is 9.68. The van der Waals surface area contributed by atoms with E-state index in [9.17, 15) is 9.90 Å². The predicted molar refractivity (Wildman–Crippen MR) is 37.6 cm³/mol. The third-order valence-electron chi connectivity index (χ3n) is 1.52. The molecule has 13 heavy (non-hydrogen) atoms. The Morgan fingerprint density at radius 3 is 3.00 bits per heavy atom. The zero-order valence-corrected chi connectivity index (χ0v) is 6.97. The number of carbonyl (C=O) groups is 1. The number of carboxylic acid groups (broad SMARTS) is 1. The lowest BCUT2D eigenvalue weighted by atomic mass is 10.2. The lowest BCUT2D eigenvalue weighted by Gasteiger charge is -1.90. The number of unbranched alkanes of at least 4 members (excludes halogenated alkanes) is 1. The van der Waals surface area contributed by atoms with Gasteiger partial charge in [-0.2, -0.15) is 0 Å². The van der Waals surface area contributed by atoms with Crippen molar-refractivity contribution in [3.63, 3.8) is 0 Å². The van der Waals surface area contributed by atoms with Crippen LogP contribution in [-0.2, 0) is 11.3 Å². The topological polar surface area (TPSA) is 90.3 Å². The van der Waals surface area contributed by atoms with Gasteiger partial charge in [-0.15, -0.1) is 0 Å². The monoisotopic (exact) mass is 186 g/mol. The second kappa shape index (κ2) is 4.44. The van der Waals surface area contributed by atoms with Crippen LogP contribution >= 0.6 is 0 Å². The smallest absolute Gasteiger partial charge is 0.303 e. The van der Waals surface area contributed by atoms with Crippen LogP contribution in [0.4, 0.5) is 0 Å². The van der Waals surface area contributed by atoms with Gasteiger partial charge in [-0.1, -0.05) is 4.68 Å². The molecule has 0 saturated heterocycles. The van der Waals surface area contributed by atoms with E-state index in [-0.39, 0.29) is 6.42 Å². The first-order valence-corrected chi connectivity index (χ1v) is 3.94. The van der Waals surface area contributed by atoms with Gasteiger partial charge in [-0.05, 0) is 6.42 Å². The van der Waals surface area contributed by atoms with Gasteiger partial charge < -0.3 is 14.7 Å². The van der Waals surface area contributed by atoms with Crippen molar-refractivity contribution in [1.82, 2.24) is 5.27 Å². The Bertz CT molecular complexity index is 284. The average Bonchev–Trinajstić information content (AvgIpc) is 2.45. The van der Waals surface area contributed by atoms with E-state index in [0.717, 1.165) is 0 Å². The van der Waals surface area contributed by atoms with Crippen molar-refractivity contribution in [1.29, 1.82) is 0 Å². The Morgan fingerprint density at radius 1 is 1.69 bits per heavy atom. The van der Waals surface area contributed by atoms with Crippen LogP contribution in [0.1, 0.15) is 19.3 Å². The van der Waals surface area contributed by atoms with Gasteiger partial charge in [0.25, 0.3) is 0 Å². The molecule has 0 aliphatic rings. The average molecular weight is 186 g/mol. The number of nitrogens with zero attached hydrogens (tertiary/aromatic N) is 2. The van der Waals surface area contributed by atoms with Gasteiger partial charge in [0.05, 0.1) is 5.27 Å². The number of hydrogen-bond donors (Lipinski definition) is 1. The molecule has 0 saturated carbocycles. The van der Waals surface area contributed by atoms with Crippen molar-refractivity contribution >= 4 is 5.97 Å². The highest BCUT2D eigenvalue weighted by Crippen LogP contribution is 1.97. The number of aliphatic carboxylic acids is 1. The van der Waals surface area contributed by atoms with Gasteiger partial charge in [0.1, 0.15) is 5.95 Å². The molecule has 1 heterocycles. The van der Waals surface area contributed by atoms with Crippen LogP contribution < -0.4 is 9.79 Å². The lowest BCUT2D eigenvalue weighted by molar-refractivity contribution is -0.762. The highest BCUT2D eigenvalue weighted by Gasteiger charge is 2.04. The maximum atomic E-state index is 10.5. The van der Waals surface area contributed by atoms with Crippen molar-refractivity contribution in [2.24, 2.45) is 0 Å². The minimum atomic E-state index is -0.810. The van der Waals surface area contributed by atoms with E-state index in [0.29, 0.717) is 19.4 Å². The number of rotatable bonds is 5. The minimum absolute atomic E-state index is 0.142. The Morgan fingerprint density at radius 2 is 2.46 bits per heavy atom. The molecule has 0 unspecified atom stereocenters. The Labute approximate surface area is 74.4 Å². The summed E-state index contributed by atoms with van der Waals surface area (Å²) in [6, 6.07) is 0. The second-order valence-corrected chi connectivity index (χ2v) is 2.63. The van der Waals surface area contributed by atoms with Gasteiger partial charge in [0.15, 0.2) is 6.54 Å². The van der Waals surface area contributed by atoms with Crippen LogP contribution in [0.5, 0.6) is 5.95 Å². The molecule has 0 aromatic carbocycles. The van der Waals surface area contributed by atoms with Gasteiger partial charge in [-0.25, -0.2) is 0 Å². The second-order valence-electron chi connectivity index (χ2n) is 2.63. The first-order valence-electron chi connectivity index (χ1n) is 3.94. The number of aryl methyl sites for hydroxylation is 1. The quantitative estimate of drug-likeness (QED) is 0.484. The Balaban J connectivity index is 2.16. The summed E-state index contributed by atoms with van der Waals surface area (Å²) in [5.74, 6) is -1.30. The van der Waals surface area contributed by atoms with Crippen LogP contribution in [-0.4, -0.2) is 16.3 Å². The summed E-state index contributed by atoms with van der Waals surface area (Å²) in [5, 5.41) is 22.2. The minimum Gasteiger partial charge on any atom is -0.539 e. The molecule has 0 atom stereocenters. The van der Waals surface area contributed by atoms with Gasteiger partial charge >= 0.3 is 5.97 Å². The third kappa shape index (κ3) is 3.55. The summed E-state index contributed by atoms with van der Waals surface area (Å²) in [7, 11) is 0. The fourth-order valence-electron chi connectivity index (χ4n) is 0.917. The largest absolute Gasteiger partial charge is 0.539 e. The number of aromatic nitrogens is 2. The fraction of sp³-hybridized carbons (Fsp3) is 0.571. The molecule has 0 spiro atoms. The van der Waals surface area contributed by atoms with Gasteiger partial charge in [-0.3, -0.25) is 4.79 Å². The lowest BCUT2D eigenvalue weighted by Crippen LogP contribution is -2.34. The molecule has 0 amide bonds. The molecule has 1 rings (SSSR count). The molecule has 6 nitrogen and oxygen atoms in total. The summed E-state index contributed by atoms with van der Waals surface area (Å²) in [4.78, 5) is 10.1. The van der Waals surface area contributed by atoms with Crippen LogP contribution in [0.15, 0.2) is 10.7 Å². The molecule has 1 N–H and O–H groups in total. The highest BCUT2D eigenvalue weighted by molar-refractivity contribution is 5.66. The summed E-state index contributed by atoms with van der Waals surface area (Å²) in [6.45, 7) is 0.513. The molecule has 1 aromatic rings. The predicted octanol–water partition coefficient (Wildman–Crippen LogP) is -0.709. The van der Waals surface area contributed by atoms with E-state index in [2.05, 4.69) is 9.79 Å². The molecule has 1 aromatic heterocycles. The van der Waals surface area contributed by atoms with Crippen LogP contribution in [0, 0.1) is 0 Å². The molecule has 0 aliphatic heterocycles. The van der Waals surface area contributed by atoms with E-state index in [1.54, 1.807) is 0 Å². The first-order chi connectivity index (χ1) is 6.18. The number of hydrogen-bond acceptors (Lipinski definition) is 4. The van der Waals surface area contributed by atoms with E-state index >= 15 is 0 Å². The Kier molecular flexibility index (Phi) is 3.24. The maximum Gasteiger partial charge on any atom is 0.303 e. The van der Waals surface area contributed by atoms with Gasteiger partial charge in [0, 0.05) is 12.8 Å².